The summed E-state index contributed by atoms with van der Waals surface area (Å²) in [5.74, 6) is 0. The number of aliphatic hydroxyl groups excluding tert-OH is 1. The fourth-order valence-corrected chi connectivity index (χ4v) is 4.33. The first-order valence-electron chi connectivity index (χ1n) is 10.8. The standard InChI is InChI=1S/C25H29N3O3/c1-19(20-9-11-21(12-10-20)23-13-16-27(2)26-23)28-17-15-25(14-6-18-29,31-24(28)30)22-7-4-3-5-8-22/h3-5,7-13,16,19,29H,6,14-15,17-18H2,1-2H3/t19-,25?/m0/s1. The normalized spacial score (nSPS) is 19.8. The second kappa shape index (κ2) is 8.94. The van der Waals surface area contributed by atoms with Gasteiger partial charge in [0.05, 0.1) is 11.7 Å². The number of carbonyl (C=O) groups excluding carboxylic acids is 1. The molecule has 1 aliphatic rings. The molecule has 1 N–H and O–H groups in total. The molecule has 162 valence electrons. The lowest BCUT2D eigenvalue weighted by molar-refractivity contribution is -0.0680. The van der Waals surface area contributed by atoms with Crippen LogP contribution in [0.5, 0.6) is 0 Å². The van der Waals surface area contributed by atoms with Gasteiger partial charge in [-0.3, -0.25) is 4.68 Å². The minimum atomic E-state index is -0.680. The first-order valence-corrected chi connectivity index (χ1v) is 10.8. The van der Waals surface area contributed by atoms with E-state index in [1.54, 1.807) is 9.58 Å². The third-order valence-corrected chi connectivity index (χ3v) is 6.18. The summed E-state index contributed by atoms with van der Waals surface area (Å²) in [6, 6.07) is 19.9. The molecule has 1 fully saturated rings. The molecule has 4 rings (SSSR count). The number of amides is 1. The van der Waals surface area contributed by atoms with Gasteiger partial charge in [0.25, 0.3) is 0 Å². The zero-order valence-corrected chi connectivity index (χ0v) is 18.1. The number of aliphatic hydroxyl groups is 1. The highest BCUT2D eigenvalue weighted by molar-refractivity contribution is 5.70. The lowest BCUT2D eigenvalue weighted by atomic mass is 9.84. The molecule has 0 bridgehead atoms. The van der Waals surface area contributed by atoms with Crippen LogP contribution in [0.15, 0.2) is 66.9 Å². The Hall–Kier alpha value is -3.12. The number of hydrogen-bond acceptors (Lipinski definition) is 4. The van der Waals surface area contributed by atoms with Gasteiger partial charge >= 0.3 is 6.09 Å². The number of rotatable bonds is 7. The monoisotopic (exact) mass is 419 g/mol. The molecular weight excluding hydrogens is 390 g/mol. The molecule has 0 aliphatic carbocycles. The Morgan fingerprint density at radius 1 is 1.13 bits per heavy atom. The fourth-order valence-electron chi connectivity index (χ4n) is 4.33. The van der Waals surface area contributed by atoms with Gasteiger partial charge in [-0.25, -0.2) is 4.79 Å². The van der Waals surface area contributed by atoms with Crippen LogP contribution in [-0.4, -0.2) is 39.0 Å². The molecule has 6 heteroatoms. The fraction of sp³-hybridized carbons (Fsp3) is 0.360. The lowest BCUT2D eigenvalue weighted by Crippen LogP contribution is -2.48. The zero-order chi connectivity index (χ0) is 21.8. The summed E-state index contributed by atoms with van der Waals surface area (Å²) in [6.45, 7) is 2.71. The van der Waals surface area contributed by atoms with E-state index in [0.717, 1.165) is 22.4 Å². The van der Waals surface area contributed by atoms with Gasteiger partial charge in [-0.15, -0.1) is 0 Å². The molecule has 2 aromatic carbocycles. The maximum absolute atomic E-state index is 13.1. The molecule has 0 spiro atoms. The molecule has 1 unspecified atom stereocenters. The summed E-state index contributed by atoms with van der Waals surface area (Å²) < 4.78 is 7.86. The van der Waals surface area contributed by atoms with Crippen LogP contribution in [0.4, 0.5) is 4.79 Å². The average molecular weight is 420 g/mol. The minimum Gasteiger partial charge on any atom is -0.438 e. The van der Waals surface area contributed by atoms with E-state index in [9.17, 15) is 9.90 Å². The van der Waals surface area contributed by atoms with Crippen molar-refractivity contribution in [2.75, 3.05) is 13.2 Å². The van der Waals surface area contributed by atoms with Crippen molar-refractivity contribution in [2.45, 2.75) is 37.8 Å². The predicted molar refractivity (Wildman–Crippen MR) is 119 cm³/mol. The van der Waals surface area contributed by atoms with Crippen LogP contribution in [-0.2, 0) is 17.4 Å². The van der Waals surface area contributed by atoms with Gasteiger partial charge in [-0.1, -0.05) is 54.6 Å². The van der Waals surface area contributed by atoms with Crippen molar-refractivity contribution in [3.05, 3.63) is 78.0 Å². The molecule has 0 radical (unpaired) electrons. The van der Waals surface area contributed by atoms with Gasteiger partial charge in [-0.2, -0.15) is 5.10 Å². The second-order valence-electron chi connectivity index (χ2n) is 8.17. The number of aromatic nitrogens is 2. The van der Waals surface area contributed by atoms with Crippen molar-refractivity contribution in [2.24, 2.45) is 7.05 Å². The summed E-state index contributed by atoms with van der Waals surface area (Å²) in [7, 11) is 1.90. The SMILES string of the molecule is C[C@@H](c1ccc(-c2ccn(C)n2)cc1)N1CCC(CCCO)(c2ccccc2)OC1=O. The van der Waals surface area contributed by atoms with E-state index in [2.05, 4.69) is 5.10 Å². The molecule has 1 aliphatic heterocycles. The van der Waals surface area contributed by atoms with Crippen molar-refractivity contribution >= 4 is 6.09 Å². The highest BCUT2D eigenvalue weighted by atomic mass is 16.6. The Morgan fingerprint density at radius 3 is 2.48 bits per heavy atom. The average Bonchev–Trinajstić information content (AvgIpc) is 3.24. The molecule has 3 aromatic rings. The van der Waals surface area contributed by atoms with E-state index in [1.165, 1.54) is 0 Å². The molecule has 0 saturated carbocycles. The number of cyclic esters (lactones) is 1. The van der Waals surface area contributed by atoms with Gasteiger partial charge in [0.15, 0.2) is 0 Å². The smallest absolute Gasteiger partial charge is 0.411 e. The van der Waals surface area contributed by atoms with E-state index in [1.807, 2.05) is 80.8 Å². The molecule has 2 heterocycles. The number of carbonyl (C=O) groups is 1. The minimum absolute atomic E-state index is 0.0782. The topological polar surface area (TPSA) is 67.6 Å². The van der Waals surface area contributed by atoms with Crippen LogP contribution in [0, 0.1) is 0 Å². The number of aryl methyl sites for hydroxylation is 1. The van der Waals surface area contributed by atoms with Gasteiger partial charge in [0, 0.05) is 38.4 Å². The summed E-state index contributed by atoms with van der Waals surface area (Å²) >= 11 is 0. The van der Waals surface area contributed by atoms with Gasteiger partial charge in [-0.05, 0) is 37.0 Å². The Bertz CT molecular complexity index is 1020. The summed E-state index contributed by atoms with van der Waals surface area (Å²) in [6.07, 6.45) is 3.51. The Morgan fingerprint density at radius 2 is 1.87 bits per heavy atom. The molecule has 1 saturated heterocycles. The summed E-state index contributed by atoms with van der Waals surface area (Å²) in [5, 5.41) is 13.8. The Kier molecular flexibility index (Phi) is 6.09. The quantitative estimate of drug-likeness (QED) is 0.605. The van der Waals surface area contributed by atoms with Crippen LogP contribution in [0.3, 0.4) is 0 Å². The summed E-state index contributed by atoms with van der Waals surface area (Å²) in [5.41, 5.74) is 3.34. The highest BCUT2D eigenvalue weighted by Crippen LogP contribution is 2.40. The van der Waals surface area contributed by atoms with Crippen LogP contribution >= 0.6 is 0 Å². The number of ether oxygens (including phenoxy) is 1. The second-order valence-corrected chi connectivity index (χ2v) is 8.17. The maximum atomic E-state index is 13.1. The van der Waals surface area contributed by atoms with E-state index in [0.29, 0.717) is 25.8 Å². The Balaban J connectivity index is 1.50. The van der Waals surface area contributed by atoms with Crippen LogP contribution < -0.4 is 0 Å². The van der Waals surface area contributed by atoms with Crippen LogP contribution in [0.2, 0.25) is 0 Å². The highest BCUT2D eigenvalue weighted by Gasteiger charge is 2.43. The molecule has 6 nitrogen and oxygen atoms in total. The van der Waals surface area contributed by atoms with Crippen LogP contribution in [0.25, 0.3) is 11.3 Å². The first-order chi connectivity index (χ1) is 15.0. The van der Waals surface area contributed by atoms with E-state index in [-0.39, 0.29) is 18.7 Å². The Labute approximate surface area is 183 Å². The van der Waals surface area contributed by atoms with Crippen molar-refractivity contribution in [1.82, 2.24) is 14.7 Å². The first kappa shape index (κ1) is 21.1. The molecule has 31 heavy (non-hydrogen) atoms. The number of benzene rings is 2. The van der Waals surface area contributed by atoms with Gasteiger partial charge in [0.2, 0.25) is 0 Å². The molecule has 1 aromatic heterocycles. The largest absolute Gasteiger partial charge is 0.438 e. The third kappa shape index (κ3) is 4.35. The lowest BCUT2D eigenvalue weighted by Gasteiger charge is -2.43. The predicted octanol–water partition coefficient (Wildman–Crippen LogP) is 4.66. The summed E-state index contributed by atoms with van der Waals surface area (Å²) in [4.78, 5) is 14.9. The molecular formula is C25H29N3O3. The van der Waals surface area contributed by atoms with Gasteiger partial charge in [0.1, 0.15) is 5.60 Å². The van der Waals surface area contributed by atoms with E-state index in [4.69, 9.17) is 4.74 Å². The molecule has 1 amide bonds. The number of nitrogens with zero attached hydrogens (tertiary/aromatic N) is 3. The number of hydrogen-bond donors (Lipinski definition) is 1. The van der Waals surface area contributed by atoms with Crippen molar-refractivity contribution in [3.63, 3.8) is 0 Å². The van der Waals surface area contributed by atoms with Crippen molar-refractivity contribution in [1.29, 1.82) is 0 Å². The van der Waals surface area contributed by atoms with Gasteiger partial charge < -0.3 is 14.7 Å². The maximum Gasteiger partial charge on any atom is 0.411 e. The van der Waals surface area contributed by atoms with E-state index >= 15 is 0 Å². The third-order valence-electron chi connectivity index (χ3n) is 6.18. The molecule has 2 atom stereocenters. The van der Waals surface area contributed by atoms with Crippen LogP contribution in [0.1, 0.15) is 43.4 Å². The van der Waals surface area contributed by atoms with Crippen molar-refractivity contribution in [3.8, 4) is 11.3 Å². The van der Waals surface area contributed by atoms with Crippen molar-refractivity contribution < 1.29 is 14.6 Å². The zero-order valence-electron chi connectivity index (χ0n) is 18.1. The van der Waals surface area contributed by atoms with E-state index < -0.39 is 5.60 Å².